The molecule has 0 aliphatic carbocycles. The number of hydrogen-bond donors (Lipinski definition) is 1. The zero-order valence-electron chi connectivity index (χ0n) is 9.73. The van der Waals surface area contributed by atoms with Gasteiger partial charge in [0.2, 0.25) is 0 Å². The topological polar surface area (TPSA) is 38.0 Å². The van der Waals surface area contributed by atoms with E-state index in [0.29, 0.717) is 18.8 Å². The first-order valence-electron chi connectivity index (χ1n) is 5.60. The van der Waals surface area contributed by atoms with E-state index in [2.05, 4.69) is 27.5 Å². The lowest BCUT2D eigenvalue weighted by Gasteiger charge is -2.11. The third-order valence-corrected chi connectivity index (χ3v) is 2.95. The number of nitrogens with zero attached hydrogens (tertiary/aromatic N) is 2. The van der Waals surface area contributed by atoms with Crippen molar-refractivity contribution in [2.75, 3.05) is 0 Å². The maximum atomic E-state index is 10.00. The van der Waals surface area contributed by atoms with Crippen molar-refractivity contribution < 1.29 is 5.11 Å². The lowest BCUT2D eigenvalue weighted by atomic mass is 10.2. The van der Waals surface area contributed by atoms with Crippen molar-refractivity contribution >= 4 is 27.0 Å². The van der Waals surface area contributed by atoms with Gasteiger partial charge in [-0.05, 0) is 18.6 Å². The van der Waals surface area contributed by atoms with Gasteiger partial charge in [-0.25, -0.2) is 4.98 Å². The molecule has 0 amide bonds. The number of aliphatic hydroxyl groups is 1. The highest BCUT2D eigenvalue weighted by Crippen LogP contribution is 2.24. The number of aliphatic hydroxyl groups excluding tert-OH is 1. The number of halogens is 1. The molecule has 4 heteroatoms. The molecule has 0 saturated heterocycles. The SMILES string of the molecule is C=C(Br)Cn1c([C@@H](O)CC)nc2ccccc21. The van der Waals surface area contributed by atoms with Crippen LogP contribution in [0.3, 0.4) is 0 Å². The van der Waals surface area contributed by atoms with Gasteiger partial charge in [0.1, 0.15) is 11.9 Å². The summed E-state index contributed by atoms with van der Waals surface area (Å²) in [7, 11) is 0. The van der Waals surface area contributed by atoms with Gasteiger partial charge in [0, 0.05) is 4.48 Å². The molecule has 2 rings (SSSR count). The highest BCUT2D eigenvalue weighted by molar-refractivity contribution is 9.11. The number of benzene rings is 1. The Bertz CT molecular complexity index is 547. The molecule has 1 heterocycles. The van der Waals surface area contributed by atoms with E-state index in [1.54, 1.807) is 0 Å². The van der Waals surface area contributed by atoms with Crippen molar-refractivity contribution in [1.29, 1.82) is 0 Å². The van der Waals surface area contributed by atoms with Crippen LogP contribution < -0.4 is 0 Å². The fraction of sp³-hybridized carbons (Fsp3) is 0.308. The Morgan fingerprint density at radius 3 is 2.88 bits per heavy atom. The monoisotopic (exact) mass is 294 g/mol. The van der Waals surface area contributed by atoms with Crippen LogP contribution in [0.2, 0.25) is 0 Å². The van der Waals surface area contributed by atoms with Gasteiger partial charge in [-0.1, -0.05) is 41.6 Å². The van der Waals surface area contributed by atoms with E-state index < -0.39 is 6.10 Å². The largest absolute Gasteiger partial charge is 0.385 e. The van der Waals surface area contributed by atoms with Crippen LogP contribution in [0.4, 0.5) is 0 Å². The predicted octanol–water partition coefficient (Wildman–Crippen LogP) is 3.39. The molecule has 0 spiro atoms. The molecule has 1 N–H and O–H groups in total. The quantitative estimate of drug-likeness (QED) is 0.939. The van der Waals surface area contributed by atoms with Crippen LogP contribution in [0.5, 0.6) is 0 Å². The van der Waals surface area contributed by atoms with Crippen LogP contribution >= 0.6 is 15.9 Å². The third kappa shape index (κ3) is 2.42. The van der Waals surface area contributed by atoms with Crippen LogP contribution in [0.1, 0.15) is 25.3 Å². The zero-order chi connectivity index (χ0) is 12.4. The highest BCUT2D eigenvalue weighted by atomic mass is 79.9. The molecular weight excluding hydrogens is 280 g/mol. The number of para-hydroxylation sites is 2. The van der Waals surface area contributed by atoms with Crippen LogP contribution in [0.25, 0.3) is 11.0 Å². The van der Waals surface area contributed by atoms with Crippen LogP contribution in [-0.2, 0) is 6.54 Å². The van der Waals surface area contributed by atoms with Gasteiger partial charge in [0.25, 0.3) is 0 Å². The molecule has 0 fully saturated rings. The second kappa shape index (κ2) is 5.02. The molecule has 1 aromatic heterocycles. The maximum Gasteiger partial charge on any atom is 0.139 e. The number of imidazole rings is 1. The average molecular weight is 295 g/mol. The van der Waals surface area contributed by atoms with E-state index in [4.69, 9.17) is 0 Å². The minimum absolute atomic E-state index is 0.533. The van der Waals surface area contributed by atoms with Gasteiger partial charge in [0.15, 0.2) is 0 Å². The minimum atomic E-state index is -0.533. The molecule has 0 aliphatic rings. The molecule has 0 unspecified atom stereocenters. The molecule has 2 aromatic rings. The Kier molecular flexibility index (Phi) is 3.64. The van der Waals surface area contributed by atoms with Gasteiger partial charge < -0.3 is 9.67 Å². The Morgan fingerprint density at radius 2 is 2.24 bits per heavy atom. The predicted molar refractivity (Wildman–Crippen MR) is 73.1 cm³/mol. The molecule has 17 heavy (non-hydrogen) atoms. The fourth-order valence-corrected chi connectivity index (χ4v) is 2.12. The first-order chi connectivity index (χ1) is 8.13. The molecule has 0 radical (unpaired) electrons. The molecule has 3 nitrogen and oxygen atoms in total. The molecule has 1 atom stereocenters. The Morgan fingerprint density at radius 1 is 1.53 bits per heavy atom. The smallest absolute Gasteiger partial charge is 0.139 e. The summed E-state index contributed by atoms with van der Waals surface area (Å²) in [6, 6.07) is 7.88. The second-order valence-electron chi connectivity index (χ2n) is 3.99. The second-order valence-corrected chi connectivity index (χ2v) is 5.11. The van der Waals surface area contributed by atoms with E-state index in [-0.39, 0.29) is 0 Å². The summed E-state index contributed by atoms with van der Waals surface area (Å²) in [5.41, 5.74) is 1.93. The maximum absolute atomic E-state index is 10.00. The third-order valence-electron chi connectivity index (χ3n) is 2.70. The molecule has 0 bridgehead atoms. The first-order valence-corrected chi connectivity index (χ1v) is 6.39. The fourth-order valence-electron chi connectivity index (χ4n) is 1.87. The number of fused-ring (bicyclic) bond motifs is 1. The van der Waals surface area contributed by atoms with Crippen molar-refractivity contribution in [1.82, 2.24) is 9.55 Å². The molecule has 0 aliphatic heterocycles. The molecule has 90 valence electrons. The Labute approximate surface area is 109 Å². The van der Waals surface area contributed by atoms with Crippen LogP contribution in [0, 0.1) is 0 Å². The first kappa shape index (κ1) is 12.3. The van der Waals surface area contributed by atoms with Crippen LogP contribution in [-0.4, -0.2) is 14.7 Å². The summed E-state index contributed by atoms with van der Waals surface area (Å²) in [5, 5.41) is 10.00. The molecule has 0 saturated carbocycles. The number of rotatable bonds is 4. The Balaban J connectivity index is 2.60. The minimum Gasteiger partial charge on any atom is -0.385 e. The van der Waals surface area contributed by atoms with Gasteiger partial charge in [-0.3, -0.25) is 0 Å². The van der Waals surface area contributed by atoms with E-state index in [0.717, 1.165) is 15.5 Å². The van der Waals surface area contributed by atoms with E-state index in [1.165, 1.54) is 0 Å². The summed E-state index contributed by atoms with van der Waals surface area (Å²) in [5.74, 6) is 0.703. The normalized spacial score (nSPS) is 12.9. The summed E-state index contributed by atoms with van der Waals surface area (Å²) in [6.07, 6.45) is 0.118. The lowest BCUT2D eigenvalue weighted by Crippen LogP contribution is -2.08. The van der Waals surface area contributed by atoms with Crippen molar-refractivity contribution in [3.8, 4) is 0 Å². The number of aromatic nitrogens is 2. The standard InChI is InChI=1S/C13H15BrN2O/c1-3-12(17)13-15-10-6-4-5-7-11(10)16(13)8-9(2)14/h4-7,12,17H,2-3,8H2,1H3/t12-/m0/s1. The van der Waals surface area contributed by atoms with E-state index in [9.17, 15) is 5.11 Å². The Hall–Kier alpha value is -1.13. The van der Waals surface area contributed by atoms with E-state index in [1.807, 2.05) is 35.8 Å². The van der Waals surface area contributed by atoms with Crippen LogP contribution in [0.15, 0.2) is 35.3 Å². The molecule has 1 aromatic carbocycles. The summed E-state index contributed by atoms with van der Waals surface area (Å²) in [6.45, 7) is 6.41. The summed E-state index contributed by atoms with van der Waals surface area (Å²) < 4.78 is 2.87. The summed E-state index contributed by atoms with van der Waals surface area (Å²) in [4.78, 5) is 4.49. The van der Waals surface area contributed by atoms with Gasteiger partial charge in [-0.2, -0.15) is 0 Å². The summed E-state index contributed by atoms with van der Waals surface area (Å²) >= 11 is 3.36. The van der Waals surface area contributed by atoms with Crippen molar-refractivity contribution in [3.05, 3.63) is 41.2 Å². The molecular formula is C13H15BrN2O. The van der Waals surface area contributed by atoms with Crippen molar-refractivity contribution in [3.63, 3.8) is 0 Å². The van der Waals surface area contributed by atoms with E-state index >= 15 is 0 Å². The van der Waals surface area contributed by atoms with Crippen molar-refractivity contribution in [2.45, 2.75) is 26.0 Å². The van der Waals surface area contributed by atoms with Gasteiger partial charge >= 0.3 is 0 Å². The average Bonchev–Trinajstić information content (AvgIpc) is 2.67. The highest BCUT2D eigenvalue weighted by Gasteiger charge is 2.16. The van der Waals surface area contributed by atoms with Gasteiger partial charge in [0.05, 0.1) is 17.6 Å². The zero-order valence-corrected chi connectivity index (χ0v) is 11.3. The number of hydrogen-bond acceptors (Lipinski definition) is 2. The van der Waals surface area contributed by atoms with Gasteiger partial charge in [-0.15, -0.1) is 0 Å². The van der Waals surface area contributed by atoms with Crippen molar-refractivity contribution in [2.24, 2.45) is 0 Å². The lowest BCUT2D eigenvalue weighted by molar-refractivity contribution is 0.160. The number of allylic oxidation sites excluding steroid dienone is 1.